The average molecular weight is 459 g/mol. The number of ketones is 1. The van der Waals surface area contributed by atoms with E-state index in [1.165, 1.54) is 24.1 Å². The molecule has 8 nitrogen and oxygen atoms in total. The summed E-state index contributed by atoms with van der Waals surface area (Å²) in [7, 11) is 1.27. The molecule has 1 aliphatic heterocycles. The molecule has 3 N–H and O–H groups in total. The number of nitrogens with zero attached hydrogens (tertiary/aromatic N) is 1. The van der Waals surface area contributed by atoms with E-state index in [-0.39, 0.29) is 24.5 Å². The number of hydrogen-bond acceptors (Lipinski definition) is 7. The third-order valence-electron chi connectivity index (χ3n) is 5.12. The van der Waals surface area contributed by atoms with Crippen LogP contribution in [0.15, 0.2) is 54.1 Å². The van der Waals surface area contributed by atoms with E-state index >= 15 is 0 Å². The van der Waals surface area contributed by atoms with Crippen molar-refractivity contribution in [1.82, 2.24) is 10.2 Å². The zero-order valence-electron chi connectivity index (χ0n) is 17.4. The van der Waals surface area contributed by atoms with Crippen LogP contribution in [0.1, 0.15) is 27.5 Å². The molecule has 1 heterocycles. The number of rotatable bonds is 8. The van der Waals surface area contributed by atoms with Gasteiger partial charge in [0, 0.05) is 30.2 Å². The molecule has 9 heteroatoms. The SMILES string of the molecule is COC(=O)c1ccc(C2/C(=C(\O)c3ccc(Cl)cc3)C(=O)C(=O)N2CCNCCO)cc1. The minimum absolute atomic E-state index is 0.0506. The van der Waals surface area contributed by atoms with E-state index in [0.717, 1.165) is 0 Å². The first-order chi connectivity index (χ1) is 15.4. The van der Waals surface area contributed by atoms with E-state index < -0.39 is 23.7 Å². The van der Waals surface area contributed by atoms with E-state index in [1.807, 2.05) is 0 Å². The number of ether oxygens (including phenoxy) is 1. The highest BCUT2D eigenvalue weighted by atomic mass is 35.5. The number of Topliss-reactive ketones (excluding diaryl/α,β-unsaturated/α-hetero) is 1. The van der Waals surface area contributed by atoms with Crippen LogP contribution < -0.4 is 5.32 Å². The molecule has 32 heavy (non-hydrogen) atoms. The maximum Gasteiger partial charge on any atom is 0.337 e. The number of aliphatic hydroxyl groups excluding tert-OH is 2. The fourth-order valence-electron chi connectivity index (χ4n) is 3.54. The Balaban J connectivity index is 2.06. The smallest absolute Gasteiger partial charge is 0.337 e. The predicted molar refractivity (Wildman–Crippen MR) is 118 cm³/mol. The van der Waals surface area contributed by atoms with Crippen molar-refractivity contribution in [2.24, 2.45) is 0 Å². The van der Waals surface area contributed by atoms with Gasteiger partial charge in [0.2, 0.25) is 0 Å². The lowest BCUT2D eigenvalue weighted by Crippen LogP contribution is -2.36. The van der Waals surface area contributed by atoms with Crippen LogP contribution in [-0.2, 0) is 14.3 Å². The van der Waals surface area contributed by atoms with Gasteiger partial charge in [0.05, 0.1) is 30.9 Å². The standard InChI is InChI=1S/C23H23ClN2O6/c1-32-23(31)16-4-2-14(3-5-16)19-18(20(28)15-6-8-17(24)9-7-15)21(29)22(30)26(19)12-10-25-11-13-27/h2-9,19,25,27-28H,10-13H2,1H3/b20-18+. The first-order valence-corrected chi connectivity index (χ1v) is 10.3. The highest BCUT2D eigenvalue weighted by molar-refractivity contribution is 6.46. The summed E-state index contributed by atoms with van der Waals surface area (Å²) < 4.78 is 4.71. The number of aliphatic hydroxyl groups is 2. The first kappa shape index (κ1) is 23.5. The van der Waals surface area contributed by atoms with E-state index in [0.29, 0.717) is 34.8 Å². The van der Waals surface area contributed by atoms with Crippen molar-refractivity contribution in [2.75, 3.05) is 33.4 Å². The van der Waals surface area contributed by atoms with Crippen molar-refractivity contribution in [2.45, 2.75) is 6.04 Å². The molecule has 2 aromatic carbocycles. The zero-order chi connectivity index (χ0) is 23.3. The molecule has 1 unspecified atom stereocenters. The van der Waals surface area contributed by atoms with Gasteiger partial charge in [-0.3, -0.25) is 9.59 Å². The Bertz CT molecular complexity index is 1030. The summed E-state index contributed by atoms with van der Waals surface area (Å²) in [5.74, 6) is -2.37. The van der Waals surface area contributed by atoms with Gasteiger partial charge in [0.1, 0.15) is 5.76 Å². The highest BCUT2D eigenvalue weighted by Gasteiger charge is 2.45. The van der Waals surface area contributed by atoms with Gasteiger partial charge in [-0.15, -0.1) is 0 Å². The van der Waals surface area contributed by atoms with Gasteiger partial charge in [-0.2, -0.15) is 0 Å². The second kappa shape index (κ2) is 10.4. The van der Waals surface area contributed by atoms with Crippen molar-refractivity contribution >= 4 is 35.0 Å². The summed E-state index contributed by atoms with van der Waals surface area (Å²) in [6.45, 7) is 0.789. The van der Waals surface area contributed by atoms with Crippen LogP contribution >= 0.6 is 11.6 Å². The number of halogens is 1. The molecule has 0 aliphatic carbocycles. The van der Waals surface area contributed by atoms with E-state index in [2.05, 4.69) is 5.32 Å². The summed E-state index contributed by atoms with van der Waals surface area (Å²) in [4.78, 5) is 38.9. The van der Waals surface area contributed by atoms with E-state index in [4.69, 9.17) is 21.4 Å². The molecule has 0 aromatic heterocycles. The molecule has 168 valence electrons. The summed E-state index contributed by atoms with van der Waals surface area (Å²) >= 11 is 5.92. The summed E-state index contributed by atoms with van der Waals surface area (Å²) in [6.07, 6.45) is 0. The molecular formula is C23H23ClN2O6. The van der Waals surface area contributed by atoms with Crippen LogP contribution in [-0.4, -0.2) is 66.1 Å². The molecule has 0 bridgehead atoms. The van der Waals surface area contributed by atoms with Crippen molar-refractivity contribution in [1.29, 1.82) is 0 Å². The molecule has 2 aromatic rings. The van der Waals surface area contributed by atoms with Gasteiger partial charge in [0.25, 0.3) is 11.7 Å². The lowest BCUT2D eigenvalue weighted by Gasteiger charge is -2.25. The quantitative estimate of drug-likeness (QED) is 0.182. The highest BCUT2D eigenvalue weighted by Crippen LogP contribution is 2.39. The third-order valence-corrected chi connectivity index (χ3v) is 5.38. The van der Waals surface area contributed by atoms with E-state index in [1.54, 1.807) is 36.4 Å². The predicted octanol–water partition coefficient (Wildman–Crippen LogP) is 2.13. The molecule has 1 atom stereocenters. The molecule has 1 aliphatic rings. The number of nitrogens with one attached hydrogen (secondary N) is 1. The molecule has 1 amide bonds. The monoisotopic (exact) mass is 458 g/mol. The fraction of sp³-hybridized carbons (Fsp3) is 0.261. The Morgan fingerprint density at radius 3 is 2.28 bits per heavy atom. The minimum Gasteiger partial charge on any atom is -0.507 e. The van der Waals surface area contributed by atoms with Crippen molar-refractivity contribution in [3.63, 3.8) is 0 Å². The number of benzene rings is 2. The number of amides is 1. The Morgan fingerprint density at radius 1 is 1.06 bits per heavy atom. The number of likely N-dealkylation sites (tertiary alicyclic amines) is 1. The van der Waals surface area contributed by atoms with Gasteiger partial charge < -0.3 is 25.2 Å². The van der Waals surface area contributed by atoms with Gasteiger partial charge in [0.15, 0.2) is 0 Å². The normalized spacial score (nSPS) is 17.6. The maximum atomic E-state index is 12.9. The molecule has 1 fully saturated rings. The third kappa shape index (κ3) is 4.83. The number of methoxy groups -OCH3 is 1. The molecule has 0 saturated carbocycles. The number of carbonyl (C=O) groups is 3. The Labute approximate surface area is 190 Å². The van der Waals surface area contributed by atoms with Crippen LogP contribution in [0.5, 0.6) is 0 Å². The van der Waals surface area contributed by atoms with Crippen molar-refractivity contribution in [3.8, 4) is 0 Å². The van der Waals surface area contributed by atoms with Crippen LogP contribution in [0.4, 0.5) is 0 Å². The largest absolute Gasteiger partial charge is 0.507 e. The minimum atomic E-state index is -0.853. The molecule has 1 saturated heterocycles. The van der Waals surface area contributed by atoms with Gasteiger partial charge in [-0.25, -0.2) is 4.79 Å². The molecule has 3 rings (SSSR count). The van der Waals surface area contributed by atoms with Crippen molar-refractivity contribution < 1.29 is 29.3 Å². The van der Waals surface area contributed by atoms with Gasteiger partial charge in [-0.1, -0.05) is 23.7 Å². The number of esters is 1. The number of hydrogen-bond donors (Lipinski definition) is 3. The maximum absolute atomic E-state index is 12.9. The second-order valence-electron chi connectivity index (χ2n) is 7.09. The Kier molecular flexibility index (Phi) is 7.63. The molecule has 0 spiro atoms. The summed E-state index contributed by atoms with van der Waals surface area (Å²) in [6, 6.07) is 11.7. The van der Waals surface area contributed by atoms with Crippen LogP contribution in [0.2, 0.25) is 5.02 Å². The lowest BCUT2D eigenvalue weighted by atomic mass is 9.94. The molecule has 0 radical (unpaired) electrons. The number of carbonyl (C=O) groups excluding carboxylic acids is 3. The zero-order valence-corrected chi connectivity index (χ0v) is 18.1. The van der Waals surface area contributed by atoms with Gasteiger partial charge in [-0.05, 0) is 42.0 Å². The van der Waals surface area contributed by atoms with Crippen molar-refractivity contribution in [3.05, 3.63) is 75.8 Å². The topological polar surface area (TPSA) is 116 Å². The Hall–Kier alpha value is -3.20. The van der Waals surface area contributed by atoms with E-state index in [9.17, 15) is 19.5 Å². The Morgan fingerprint density at radius 2 is 1.69 bits per heavy atom. The molecular weight excluding hydrogens is 436 g/mol. The van der Waals surface area contributed by atoms with Crippen LogP contribution in [0, 0.1) is 0 Å². The summed E-state index contributed by atoms with van der Waals surface area (Å²) in [5, 5.41) is 23.3. The van der Waals surface area contributed by atoms with Gasteiger partial charge >= 0.3 is 5.97 Å². The fourth-order valence-corrected chi connectivity index (χ4v) is 3.67. The van der Waals surface area contributed by atoms with Crippen LogP contribution in [0.25, 0.3) is 5.76 Å². The van der Waals surface area contributed by atoms with Crippen LogP contribution in [0.3, 0.4) is 0 Å². The second-order valence-corrected chi connectivity index (χ2v) is 7.52. The summed E-state index contributed by atoms with van der Waals surface area (Å²) in [5.41, 5.74) is 1.16. The lowest BCUT2D eigenvalue weighted by molar-refractivity contribution is -0.139. The average Bonchev–Trinajstić information content (AvgIpc) is 3.06. The first-order valence-electron chi connectivity index (χ1n) is 9.93.